The van der Waals surface area contributed by atoms with Crippen LogP contribution >= 0.6 is 15.9 Å². The molecule has 0 aliphatic carbocycles. The third kappa shape index (κ3) is 3.22. The molecule has 0 amide bonds. The summed E-state index contributed by atoms with van der Waals surface area (Å²) in [6.07, 6.45) is 2.03. The van der Waals surface area contributed by atoms with Gasteiger partial charge in [0.1, 0.15) is 0 Å². The second-order valence-electron chi connectivity index (χ2n) is 4.97. The maximum Gasteiger partial charge on any atom is 0.261 e. The van der Waals surface area contributed by atoms with Crippen molar-refractivity contribution in [2.75, 3.05) is 16.6 Å². The quantitative estimate of drug-likeness (QED) is 0.872. The lowest BCUT2D eigenvalue weighted by atomic mass is 10.0. The number of rotatable bonds is 3. The van der Waals surface area contributed by atoms with Crippen LogP contribution in [0.25, 0.3) is 0 Å². The lowest BCUT2D eigenvalue weighted by Crippen LogP contribution is -2.15. The highest BCUT2D eigenvalue weighted by Crippen LogP contribution is 2.27. The van der Waals surface area contributed by atoms with Gasteiger partial charge in [-0.3, -0.25) is 4.72 Å². The fraction of sp³-hybridized carbons (Fsp3) is 0.200. The molecule has 1 aliphatic rings. The van der Waals surface area contributed by atoms with E-state index in [4.69, 9.17) is 0 Å². The van der Waals surface area contributed by atoms with Gasteiger partial charge in [-0.05, 0) is 54.8 Å². The van der Waals surface area contributed by atoms with Gasteiger partial charge in [0.25, 0.3) is 10.0 Å². The summed E-state index contributed by atoms with van der Waals surface area (Å²) in [6, 6.07) is 12.3. The molecule has 0 atom stereocenters. The van der Waals surface area contributed by atoms with Crippen molar-refractivity contribution in [1.29, 1.82) is 0 Å². The minimum absolute atomic E-state index is 0.243. The van der Waals surface area contributed by atoms with Crippen molar-refractivity contribution in [3.63, 3.8) is 0 Å². The van der Waals surface area contributed by atoms with Crippen molar-refractivity contribution in [1.82, 2.24) is 0 Å². The second kappa shape index (κ2) is 5.69. The third-order valence-corrected chi connectivity index (χ3v) is 5.27. The Morgan fingerprint density at radius 1 is 1.14 bits per heavy atom. The molecule has 0 spiro atoms. The minimum Gasteiger partial charge on any atom is -0.385 e. The largest absolute Gasteiger partial charge is 0.385 e. The Bertz CT molecular complexity index is 775. The van der Waals surface area contributed by atoms with E-state index < -0.39 is 10.0 Å². The van der Waals surface area contributed by atoms with Crippen LogP contribution in [0.1, 0.15) is 12.0 Å². The summed E-state index contributed by atoms with van der Waals surface area (Å²) < 4.78 is 28.1. The summed E-state index contributed by atoms with van der Waals surface area (Å²) in [5.74, 6) is 0. The molecule has 2 aromatic rings. The van der Waals surface area contributed by atoms with E-state index in [-0.39, 0.29) is 4.90 Å². The number of nitrogens with one attached hydrogen (secondary N) is 2. The minimum atomic E-state index is -3.56. The smallest absolute Gasteiger partial charge is 0.261 e. The fourth-order valence-electron chi connectivity index (χ4n) is 2.39. The monoisotopic (exact) mass is 366 g/mol. The summed E-state index contributed by atoms with van der Waals surface area (Å²) in [6.45, 7) is 0.968. The highest BCUT2D eigenvalue weighted by atomic mass is 79.9. The Hall–Kier alpha value is -1.53. The van der Waals surface area contributed by atoms with E-state index in [9.17, 15) is 8.42 Å². The lowest BCUT2D eigenvalue weighted by Gasteiger charge is -2.19. The fourth-order valence-corrected chi connectivity index (χ4v) is 4.03. The molecule has 0 bridgehead atoms. The molecule has 2 aromatic carbocycles. The van der Waals surface area contributed by atoms with Crippen LogP contribution in [0.2, 0.25) is 0 Å². The zero-order chi connectivity index (χ0) is 14.9. The number of benzene rings is 2. The number of hydrogen-bond acceptors (Lipinski definition) is 3. The molecule has 0 radical (unpaired) electrons. The molecule has 0 saturated carbocycles. The van der Waals surface area contributed by atoms with Crippen molar-refractivity contribution in [2.45, 2.75) is 17.7 Å². The van der Waals surface area contributed by atoms with Crippen molar-refractivity contribution in [3.8, 4) is 0 Å². The summed E-state index contributed by atoms with van der Waals surface area (Å²) >= 11 is 3.29. The van der Waals surface area contributed by atoms with E-state index >= 15 is 0 Å². The second-order valence-corrected chi connectivity index (χ2v) is 7.56. The maximum absolute atomic E-state index is 12.4. The molecule has 6 heteroatoms. The molecule has 0 fully saturated rings. The van der Waals surface area contributed by atoms with Crippen molar-refractivity contribution < 1.29 is 8.42 Å². The molecule has 3 rings (SSSR count). The van der Waals surface area contributed by atoms with E-state index in [0.717, 1.165) is 35.1 Å². The van der Waals surface area contributed by atoms with E-state index in [0.29, 0.717) is 5.69 Å². The van der Waals surface area contributed by atoms with Crippen LogP contribution in [-0.2, 0) is 16.4 Å². The first-order valence-electron chi connectivity index (χ1n) is 6.70. The van der Waals surface area contributed by atoms with Crippen molar-refractivity contribution in [3.05, 3.63) is 52.5 Å². The van der Waals surface area contributed by atoms with E-state index in [1.807, 2.05) is 12.1 Å². The SMILES string of the molecule is O=S(=O)(Nc1ccc2c(c1)CCCN2)c1cccc(Br)c1. The average Bonchev–Trinajstić information content (AvgIpc) is 2.47. The van der Waals surface area contributed by atoms with E-state index in [1.165, 1.54) is 0 Å². The van der Waals surface area contributed by atoms with Crippen LogP contribution < -0.4 is 10.0 Å². The van der Waals surface area contributed by atoms with Gasteiger partial charge in [-0.1, -0.05) is 22.0 Å². The number of aryl methyl sites for hydroxylation is 1. The van der Waals surface area contributed by atoms with Gasteiger partial charge < -0.3 is 5.32 Å². The maximum atomic E-state index is 12.4. The zero-order valence-corrected chi connectivity index (χ0v) is 13.7. The van der Waals surface area contributed by atoms with Crippen LogP contribution in [0, 0.1) is 0 Å². The summed E-state index contributed by atoms with van der Waals surface area (Å²) in [5.41, 5.74) is 2.83. The number of fused-ring (bicyclic) bond motifs is 1. The van der Waals surface area contributed by atoms with Gasteiger partial charge in [-0.25, -0.2) is 8.42 Å². The van der Waals surface area contributed by atoms with Gasteiger partial charge in [-0.2, -0.15) is 0 Å². The molecule has 4 nitrogen and oxygen atoms in total. The average molecular weight is 367 g/mol. The standard InChI is InChI=1S/C15H15BrN2O2S/c16-12-4-1-5-14(10-12)21(19,20)18-13-6-7-15-11(9-13)3-2-8-17-15/h1,4-7,9-10,17-18H,2-3,8H2. The topological polar surface area (TPSA) is 58.2 Å². The Morgan fingerprint density at radius 3 is 2.81 bits per heavy atom. The molecule has 2 N–H and O–H groups in total. The van der Waals surface area contributed by atoms with Gasteiger partial charge in [0.05, 0.1) is 4.90 Å². The number of anilines is 2. The Morgan fingerprint density at radius 2 is 2.00 bits per heavy atom. The van der Waals surface area contributed by atoms with Gasteiger partial charge in [-0.15, -0.1) is 0 Å². The molecule has 1 aliphatic heterocycles. The molecule has 1 heterocycles. The summed E-state index contributed by atoms with van der Waals surface area (Å²) in [7, 11) is -3.56. The normalized spacial score (nSPS) is 14.1. The zero-order valence-electron chi connectivity index (χ0n) is 11.3. The first-order chi connectivity index (χ1) is 10.0. The van der Waals surface area contributed by atoms with Gasteiger partial charge in [0, 0.05) is 22.4 Å². The van der Waals surface area contributed by atoms with Crippen LogP contribution in [0.4, 0.5) is 11.4 Å². The molecule has 21 heavy (non-hydrogen) atoms. The van der Waals surface area contributed by atoms with Gasteiger partial charge >= 0.3 is 0 Å². The number of hydrogen-bond donors (Lipinski definition) is 2. The first kappa shape index (κ1) is 14.4. The molecular weight excluding hydrogens is 352 g/mol. The Kier molecular flexibility index (Phi) is 3.91. The van der Waals surface area contributed by atoms with E-state index in [1.54, 1.807) is 30.3 Å². The summed E-state index contributed by atoms with van der Waals surface area (Å²) in [5, 5.41) is 3.31. The number of sulfonamides is 1. The first-order valence-corrected chi connectivity index (χ1v) is 8.97. The van der Waals surface area contributed by atoms with Crippen molar-refractivity contribution in [2.24, 2.45) is 0 Å². The third-order valence-electron chi connectivity index (χ3n) is 3.40. The molecular formula is C15H15BrN2O2S. The molecule has 0 aromatic heterocycles. The van der Waals surface area contributed by atoms with Crippen molar-refractivity contribution >= 4 is 37.3 Å². The van der Waals surface area contributed by atoms with Crippen LogP contribution in [0.5, 0.6) is 0 Å². The van der Waals surface area contributed by atoms with Gasteiger partial charge in [0.15, 0.2) is 0 Å². The molecule has 0 saturated heterocycles. The van der Waals surface area contributed by atoms with Crippen LogP contribution in [0.15, 0.2) is 51.8 Å². The predicted octanol–water partition coefficient (Wildman–Crippen LogP) is 3.61. The molecule has 110 valence electrons. The summed E-state index contributed by atoms with van der Waals surface area (Å²) in [4.78, 5) is 0.243. The predicted molar refractivity (Wildman–Crippen MR) is 88.2 cm³/mol. The Balaban J connectivity index is 1.89. The number of halogens is 1. The highest BCUT2D eigenvalue weighted by molar-refractivity contribution is 9.10. The van der Waals surface area contributed by atoms with Crippen LogP contribution in [-0.4, -0.2) is 15.0 Å². The van der Waals surface area contributed by atoms with Crippen LogP contribution in [0.3, 0.4) is 0 Å². The highest BCUT2D eigenvalue weighted by Gasteiger charge is 2.16. The van der Waals surface area contributed by atoms with E-state index in [2.05, 4.69) is 26.0 Å². The molecule has 0 unspecified atom stereocenters. The van der Waals surface area contributed by atoms with Gasteiger partial charge in [0.2, 0.25) is 0 Å². The Labute approximate surface area is 132 Å². The lowest BCUT2D eigenvalue weighted by molar-refractivity contribution is 0.601.